The van der Waals surface area contributed by atoms with E-state index in [2.05, 4.69) is 42.4 Å². The second kappa shape index (κ2) is 6.86. The Hall–Kier alpha value is -1.67. The van der Waals surface area contributed by atoms with Crippen molar-refractivity contribution in [1.29, 1.82) is 0 Å². The van der Waals surface area contributed by atoms with Gasteiger partial charge in [0.05, 0.1) is 5.75 Å². The van der Waals surface area contributed by atoms with Gasteiger partial charge in [-0.2, -0.15) is 4.98 Å². The van der Waals surface area contributed by atoms with Crippen LogP contribution in [0.25, 0.3) is 0 Å². The lowest BCUT2D eigenvalue weighted by molar-refractivity contribution is 0.385. The van der Waals surface area contributed by atoms with Gasteiger partial charge in [0.2, 0.25) is 5.89 Å². The highest BCUT2D eigenvalue weighted by molar-refractivity contribution is 7.98. The Balaban J connectivity index is 1.57. The molecule has 3 heterocycles. The summed E-state index contributed by atoms with van der Waals surface area (Å²) in [5, 5.41) is 15.0. The first-order valence-electron chi connectivity index (χ1n) is 6.69. The number of aryl methyl sites for hydroxylation is 3. The zero-order valence-corrected chi connectivity index (χ0v) is 13.2. The average molecular weight is 321 g/mol. The van der Waals surface area contributed by atoms with Crippen molar-refractivity contribution in [2.24, 2.45) is 0 Å². The molecule has 0 aliphatic heterocycles. The zero-order valence-electron chi connectivity index (χ0n) is 11.6. The first-order chi connectivity index (χ1) is 10.3. The number of hydrogen-bond donors (Lipinski definition) is 0. The van der Waals surface area contributed by atoms with E-state index in [4.69, 9.17) is 4.52 Å². The van der Waals surface area contributed by atoms with Crippen molar-refractivity contribution in [3.8, 4) is 0 Å². The number of rotatable bonds is 7. The highest BCUT2D eigenvalue weighted by atomic mass is 32.2. The van der Waals surface area contributed by atoms with Crippen LogP contribution in [0.4, 0.5) is 0 Å². The van der Waals surface area contributed by atoms with Crippen LogP contribution in [0.5, 0.6) is 0 Å². The molecule has 3 aromatic heterocycles. The molecule has 3 aromatic rings. The first kappa shape index (κ1) is 14.3. The van der Waals surface area contributed by atoms with Crippen molar-refractivity contribution in [3.05, 3.63) is 40.4 Å². The van der Waals surface area contributed by atoms with Gasteiger partial charge < -0.3 is 9.09 Å². The molecule has 0 fully saturated rings. The molecule has 0 unspecified atom stereocenters. The van der Waals surface area contributed by atoms with Crippen LogP contribution in [0, 0.1) is 0 Å². The fraction of sp³-hybridized carbons (Fsp3) is 0.385. The van der Waals surface area contributed by atoms with Crippen molar-refractivity contribution >= 4 is 23.1 Å². The minimum atomic E-state index is 0.616. The number of nitrogens with zero attached hydrogens (tertiary/aromatic N) is 5. The molecule has 3 rings (SSSR count). The van der Waals surface area contributed by atoms with Crippen molar-refractivity contribution < 1.29 is 4.52 Å². The molecule has 0 aromatic carbocycles. The predicted octanol–water partition coefficient (Wildman–Crippen LogP) is 2.82. The molecular formula is C13H15N5OS2. The summed E-state index contributed by atoms with van der Waals surface area (Å²) in [6.45, 7) is 2.88. The van der Waals surface area contributed by atoms with Gasteiger partial charge in [-0.15, -0.1) is 21.5 Å². The summed E-state index contributed by atoms with van der Waals surface area (Å²) in [4.78, 5) is 5.66. The zero-order chi connectivity index (χ0) is 14.5. The van der Waals surface area contributed by atoms with E-state index in [1.807, 2.05) is 6.92 Å². The summed E-state index contributed by atoms with van der Waals surface area (Å²) < 4.78 is 7.23. The Morgan fingerprint density at radius 1 is 1.43 bits per heavy atom. The van der Waals surface area contributed by atoms with Crippen molar-refractivity contribution in [1.82, 2.24) is 24.9 Å². The quantitative estimate of drug-likeness (QED) is 0.623. The maximum atomic E-state index is 5.17. The van der Waals surface area contributed by atoms with Crippen LogP contribution < -0.4 is 0 Å². The summed E-state index contributed by atoms with van der Waals surface area (Å²) in [5.41, 5.74) is 0. The first-order valence-corrected chi connectivity index (χ1v) is 8.56. The molecule has 110 valence electrons. The van der Waals surface area contributed by atoms with Crippen LogP contribution in [-0.4, -0.2) is 24.9 Å². The maximum absolute atomic E-state index is 5.17. The lowest BCUT2D eigenvalue weighted by atomic mass is 10.3. The number of thioether (sulfide) groups is 1. The Kier molecular flexibility index (Phi) is 4.66. The molecule has 0 radical (unpaired) electrons. The molecular weight excluding hydrogens is 306 g/mol. The summed E-state index contributed by atoms with van der Waals surface area (Å²) in [6, 6.07) is 4.22. The Morgan fingerprint density at radius 3 is 3.14 bits per heavy atom. The number of hydrogen-bond acceptors (Lipinski definition) is 7. The van der Waals surface area contributed by atoms with E-state index in [1.54, 1.807) is 29.4 Å². The predicted molar refractivity (Wildman–Crippen MR) is 81.3 cm³/mol. The molecule has 21 heavy (non-hydrogen) atoms. The van der Waals surface area contributed by atoms with Gasteiger partial charge in [0.1, 0.15) is 6.33 Å². The van der Waals surface area contributed by atoms with E-state index in [0.29, 0.717) is 11.6 Å². The topological polar surface area (TPSA) is 69.6 Å². The van der Waals surface area contributed by atoms with E-state index in [-0.39, 0.29) is 0 Å². The standard InChI is InChI=1S/C13H15N5OS2/c1-2-11-15-12(19-17-11)8-21-13-16-14-9-18(13)6-5-10-4-3-7-20-10/h3-4,7,9H,2,5-6,8H2,1H3. The highest BCUT2D eigenvalue weighted by Crippen LogP contribution is 2.20. The van der Waals surface area contributed by atoms with Crippen molar-refractivity contribution in [2.45, 2.75) is 37.2 Å². The van der Waals surface area contributed by atoms with Gasteiger partial charge in [0, 0.05) is 17.8 Å². The summed E-state index contributed by atoms with van der Waals surface area (Å²) in [6.07, 6.45) is 3.54. The molecule has 0 bridgehead atoms. The molecule has 0 atom stereocenters. The smallest absolute Gasteiger partial charge is 0.237 e. The molecule has 0 saturated heterocycles. The van der Waals surface area contributed by atoms with Crippen LogP contribution in [0.1, 0.15) is 23.5 Å². The van der Waals surface area contributed by atoms with Gasteiger partial charge in [0.25, 0.3) is 0 Å². The molecule has 0 aliphatic carbocycles. The van der Waals surface area contributed by atoms with E-state index in [9.17, 15) is 0 Å². The third-order valence-corrected chi connectivity index (χ3v) is 4.81. The lowest BCUT2D eigenvalue weighted by Gasteiger charge is -2.03. The van der Waals surface area contributed by atoms with Gasteiger partial charge in [-0.3, -0.25) is 0 Å². The fourth-order valence-corrected chi connectivity index (χ4v) is 3.29. The van der Waals surface area contributed by atoms with Crippen LogP contribution in [0.15, 0.2) is 33.5 Å². The second-order valence-corrected chi connectivity index (χ2v) is 6.36. The number of aromatic nitrogens is 5. The van der Waals surface area contributed by atoms with Crippen LogP contribution in [0.2, 0.25) is 0 Å². The van der Waals surface area contributed by atoms with Crippen LogP contribution in [0.3, 0.4) is 0 Å². The molecule has 6 nitrogen and oxygen atoms in total. The largest absolute Gasteiger partial charge is 0.338 e. The van der Waals surface area contributed by atoms with E-state index >= 15 is 0 Å². The Morgan fingerprint density at radius 2 is 2.38 bits per heavy atom. The van der Waals surface area contributed by atoms with Gasteiger partial charge >= 0.3 is 0 Å². The van der Waals surface area contributed by atoms with Gasteiger partial charge in [-0.1, -0.05) is 29.9 Å². The second-order valence-electron chi connectivity index (χ2n) is 4.38. The van der Waals surface area contributed by atoms with Crippen molar-refractivity contribution in [2.75, 3.05) is 0 Å². The summed E-state index contributed by atoms with van der Waals surface area (Å²) >= 11 is 3.34. The van der Waals surface area contributed by atoms with Gasteiger partial charge in [-0.25, -0.2) is 0 Å². The minimum Gasteiger partial charge on any atom is -0.338 e. The van der Waals surface area contributed by atoms with Crippen LogP contribution >= 0.6 is 23.1 Å². The summed E-state index contributed by atoms with van der Waals surface area (Å²) in [7, 11) is 0. The third kappa shape index (κ3) is 3.70. The Bertz CT molecular complexity index is 676. The van der Waals surface area contributed by atoms with Gasteiger partial charge in [-0.05, 0) is 17.9 Å². The monoisotopic (exact) mass is 321 g/mol. The normalized spacial score (nSPS) is 11.1. The highest BCUT2D eigenvalue weighted by Gasteiger charge is 2.10. The molecule has 0 spiro atoms. The SMILES string of the molecule is CCc1noc(CSc2nncn2CCc2cccs2)n1. The summed E-state index contributed by atoms with van der Waals surface area (Å²) in [5.74, 6) is 1.99. The Labute approximate surface area is 130 Å². The number of thiophene rings is 1. The molecule has 0 N–H and O–H groups in total. The van der Waals surface area contributed by atoms with Crippen LogP contribution in [-0.2, 0) is 25.1 Å². The van der Waals surface area contributed by atoms with E-state index in [0.717, 1.165) is 30.4 Å². The molecule has 0 amide bonds. The maximum Gasteiger partial charge on any atom is 0.237 e. The van der Waals surface area contributed by atoms with Crippen molar-refractivity contribution in [3.63, 3.8) is 0 Å². The lowest BCUT2D eigenvalue weighted by Crippen LogP contribution is -2.01. The van der Waals surface area contributed by atoms with E-state index in [1.165, 1.54) is 4.88 Å². The fourth-order valence-electron chi connectivity index (χ4n) is 1.81. The molecule has 0 saturated carbocycles. The molecule has 0 aliphatic rings. The van der Waals surface area contributed by atoms with E-state index < -0.39 is 0 Å². The minimum absolute atomic E-state index is 0.616. The average Bonchev–Trinajstić information content (AvgIpc) is 3.24. The molecule has 8 heteroatoms. The third-order valence-electron chi connectivity index (χ3n) is 2.91. The van der Waals surface area contributed by atoms with Gasteiger partial charge in [0.15, 0.2) is 11.0 Å².